The SMILES string of the molecule is COc1ccc(OC)c(NC(=O)C(C)CS(=O)(=O)Nc2ccc(C)cc2)c1. The maximum Gasteiger partial charge on any atom is 0.233 e. The molecule has 0 fully saturated rings. The first kappa shape index (κ1) is 20.6. The number of amides is 1. The number of carbonyl (C=O) groups is 1. The molecule has 0 aliphatic carbocycles. The Morgan fingerprint density at radius 1 is 1.07 bits per heavy atom. The zero-order chi connectivity index (χ0) is 20.0. The van der Waals surface area contributed by atoms with Gasteiger partial charge >= 0.3 is 0 Å². The first-order valence-corrected chi connectivity index (χ1v) is 9.99. The monoisotopic (exact) mass is 392 g/mol. The predicted molar refractivity (Wildman–Crippen MR) is 106 cm³/mol. The van der Waals surface area contributed by atoms with Crippen LogP contribution in [0.4, 0.5) is 11.4 Å². The molecule has 0 saturated carbocycles. The Morgan fingerprint density at radius 3 is 2.33 bits per heavy atom. The molecule has 0 bridgehead atoms. The van der Waals surface area contributed by atoms with Crippen LogP contribution in [-0.4, -0.2) is 34.3 Å². The Labute approximate surface area is 159 Å². The summed E-state index contributed by atoms with van der Waals surface area (Å²) >= 11 is 0. The van der Waals surface area contributed by atoms with E-state index in [9.17, 15) is 13.2 Å². The highest BCUT2D eigenvalue weighted by atomic mass is 32.2. The fraction of sp³-hybridized carbons (Fsp3) is 0.316. The number of rotatable bonds is 8. The Morgan fingerprint density at radius 2 is 1.74 bits per heavy atom. The minimum atomic E-state index is -3.68. The molecule has 0 radical (unpaired) electrons. The van der Waals surface area contributed by atoms with Crippen molar-refractivity contribution < 1.29 is 22.7 Å². The Hall–Kier alpha value is -2.74. The second kappa shape index (κ2) is 8.77. The number of sulfonamides is 1. The van der Waals surface area contributed by atoms with Crippen molar-refractivity contribution in [2.75, 3.05) is 30.0 Å². The summed E-state index contributed by atoms with van der Waals surface area (Å²) in [5.74, 6) is -0.553. The number of nitrogens with one attached hydrogen (secondary N) is 2. The van der Waals surface area contributed by atoms with Crippen molar-refractivity contribution in [2.45, 2.75) is 13.8 Å². The first-order chi connectivity index (χ1) is 12.7. The number of benzene rings is 2. The van der Waals surface area contributed by atoms with Crippen molar-refractivity contribution in [2.24, 2.45) is 5.92 Å². The van der Waals surface area contributed by atoms with E-state index in [0.717, 1.165) is 5.56 Å². The van der Waals surface area contributed by atoms with Gasteiger partial charge in [-0.05, 0) is 31.2 Å². The molecule has 7 nitrogen and oxygen atoms in total. The Kier molecular flexibility index (Phi) is 6.68. The van der Waals surface area contributed by atoms with Crippen molar-refractivity contribution in [1.82, 2.24) is 0 Å². The summed E-state index contributed by atoms with van der Waals surface area (Å²) in [5, 5.41) is 2.69. The average molecular weight is 392 g/mol. The highest BCUT2D eigenvalue weighted by molar-refractivity contribution is 7.92. The van der Waals surface area contributed by atoms with Crippen LogP contribution in [-0.2, 0) is 14.8 Å². The van der Waals surface area contributed by atoms with Gasteiger partial charge in [-0.25, -0.2) is 8.42 Å². The fourth-order valence-corrected chi connectivity index (χ4v) is 3.80. The molecular weight excluding hydrogens is 368 g/mol. The van der Waals surface area contributed by atoms with E-state index >= 15 is 0 Å². The lowest BCUT2D eigenvalue weighted by Crippen LogP contribution is -2.30. The van der Waals surface area contributed by atoms with E-state index in [-0.39, 0.29) is 5.75 Å². The lowest BCUT2D eigenvalue weighted by atomic mass is 10.2. The summed E-state index contributed by atoms with van der Waals surface area (Å²) in [5.41, 5.74) is 1.90. The number of hydrogen-bond acceptors (Lipinski definition) is 5. The molecule has 2 rings (SSSR count). The standard InChI is InChI=1S/C19H24N2O5S/c1-13-5-7-15(8-6-13)21-27(23,24)12-14(2)19(22)20-17-11-16(25-3)9-10-18(17)26-4/h5-11,14,21H,12H2,1-4H3,(H,20,22). The number of anilines is 2. The second-order valence-electron chi connectivity index (χ2n) is 6.21. The maximum atomic E-state index is 12.5. The van der Waals surface area contributed by atoms with E-state index < -0.39 is 21.8 Å². The first-order valence-electron chi connectivity index (χ1n) is 8.34. The molecule has 146 valence electrons. The molecule has 1 atom stereocenters. The molecule has 0 aliphatic heterocycles. The van der Waals surface area contributed by atoms with Crippen molar-refractivity contribution in [1.29, 1.82) is 0 Å². The maximum absolute atomic E-state index is 12.5. The van der Waals surface area contributed by atoms with Crippen LogP contribution in [0.2, 0.25) is 0 Å². The van der Waals surface area contributed by atoms with Gasteiger partial charge in [0.25, 0.3) is 0 Å². The van der Waals surface area contributed by atoms with Crippen LogP contribution in [0.3, 0.4) is 0 Å². The summed E-state index contributed by atoms with van der Waals surface area (Å²) < 4.78 is 37.5. The number of hydrogen-bond donors (Lipinski definition) is 2. The van der Waals surface area contributed by atoms with Gasteiger partial charge in [-0.15, -0.1) is 0 Å². The highest BCUT2D eigenvalue weighted by Crippen LogP contribution is 2.29. The average Bonchev–Trinajstić information content (AvgIpc) is 2.62. The van der Waals surface area contributed by atoms with Gasteiger partial charge in [0, 0.05) is 11.8 Å². The van der Waals surface area contributed by atoms with E-state index in [1.165, 1.54) is 14.2 Å². The lowest BCUT2D eigenvalue weighted by molar-refractivity contribution is -0.118. The predicted octanol–water partition coefficient (Wildman–Crippen LogP) is 3.03. The van der Waals surface area contributed by atoms with Gasteiger partial charge in [0.2, 0.25) is 15.9 Å². The van der Waals surface area contributed by atoms with Gasteiger partial charge < -0.3 is 14.8 Å². The van der Waals surface area contributed by atoms with Crippen molar-refractivity contribution in [3.8, 4) is 11.5 Å². The summed E-state index contributed by atoms with van der Waals surface area (Å²) in [6.07, 6.45) is 0. The summed E-state index contributed by atoms with van der Waals surface area (Å²) in [6, 6.07) is 12.0. The number of methoxy groups -OCH3 is 2. The molecular formula is C19H24N2O5S. The van der Waals surface area contributed by atoms with Crippen LogP contribution in [0.1, 0.15) is 12.5 Å². The highest BCUT2D eigenvalue weighted by Gasteiger charge is 2.22. The third-order valence-electron chi connectivity index (χ3n) is 3.91. The van der Waals surface area contributed by atoms with Crippen LogP contribution in [0.5, 0.6) is 11.5 Å². The fourth-order valence-electron chi connectivity index (χ4n) is 2.42. The summed E-state index contributed by atoms with van der Waals surface area (Å²) in [7, 11) is -0.683. The van der Waals surface area contributed by atoms with E-state index in [0.29, 0.717) is 22.9 Å². The smallest absolute Gasteiger partial charge is 0.233 e. The molecule has 0 heterocycles. The quantitative estimate of drug-likeness (QED) is 0.720. The van der Waals surface area contributed by atoms with Gasteiger partial charge in [-0.2, -0.15) is 0 Å². The lowest BCUT2D eigenvalue weighted by Gasteiger charge is -2.16. The number of carbonyl (C=O) groups excluding carboxylic acids is 1. The van der Waals surface area contributed by atoms with Crippen molar-refractivity contribution in [3.63, 3.8) is 0 Å². The Balaban J connectivity index is 2.05. The summed E-state index contributed by atoms with van der Waals surface area (Å²) in [4.78, 5) is 12.5. The third kappa shape index (κ3) is 5.89. The van der Waals surface area contributed by atoms with Gasteiger partial charge in [0.1, 0.15) is 11.5 Å². The van der Waals surface area contributed by atoms with E-state index in [2.05, 4.69) is 10.0 Å². The van der Waals surface area contributed by atoms with E-state index in [1.807, 2.05) is 19.1 Å². The number of aryl methyl sites for hydroxylation is 1. The van der Waals surface area contributed by atoms with Crippen LogP contribution < -0.4 is 19.5 Å². The minimum absolute atomic E-state index is 0.348. The molecule has 0 aliphatic rings. The molecule has 27 heavy (non-hydrogen) atoms. The van der Waals surface area contributed by atoms with Crippen LogP contribution in [0.25, 0.3) is 0 Å². The molecule has 2 aromatic rings. The molecule has 8 heteroatoms. The second-order valence-corrected chi connectivity index (χ2v) is 7.97. The van der Waals surface area contributed by atoms with E-state index in [4.69, 9.17) is 9.47 Å². The Bertz CT molecular complexity index is 895. The van der Waals surface area contributed by atoms with Crippen LogP contribution in [0.15, 0.2) is 42.5 Å². The molecule has 0 aromatic heterocycles. The van der Waals surface area contributed by atoms with Crippen molar-refractivity contribution in [3.05, 3.63) is 48.0 Å². The molecule has 0 spiro atoms. The van der Waals surface area contributed by atoms with E-state index in [1.54, 1.807) is 37.3 Å². The molecule has 1 unspecified atom stereocenters. The molecule has 0 saturated heterocycles. The van der Waals surface area contributed by atoms with Gasteiger partial charge in [-0.3, -0.25) is 9.52 Å². The number of ether oxygens (including phenoxy) is 2. The topological polar surface area (TPSA) is 93.7 Å². The minimum Gasteiger partial charge on any atom is -0.497 e. The largest absolute Gasteiger partial charge is 0.497 e. The van der Waals surface area contributed by atoms with Gasteiger partial charge in [0.15, 0.2) is 0 Å². The van der Waals surface area contributed by atoms with Gasteiger partial charge in [-0.1, -0.05) is 24.6 Å². The normalized spacial score (nSPS) is 12.1. The summed E-state index contributed by atoms with van der Waals surface area (Å²) in [6.45, 7) is 3.47. The van der Waals surface area contributed by atoms with Crippen LogP contribution in [0, 0.1) is 12.8 Å². The molecule has 1 amide bonds. The zero-order valence-electron chi connectivity index (χ0n) is 15.8. The van der Waals surface area contributed by atoms with Crippen LogP contribution >= 0.6 is 0 Å². The van der Waals surface area contributed by atoms with Gasteiger partial charge in [0.05, 0.1) is 31.6 Å². The van der Waals surface area contributed by atoms with Crippen molar-refractivity contribution >= 4 is 27.3 Å². The zero-order valence-corrected chi connectivity index (χ0v) is 16.6. The molecule has 2 aromatic carbocycles. The third-order valence-corrected chi connectivity index (χ3v) is 5.39. The molecule has 2 N–H and O–H groups in total.